The molecule has 0 radical (unpaired) electrons. The molecule has 0 aliphatic carbocycles. The van der Waals surface area contributed by atoms with Crippen LogP contribution in [0.4, 0.5) is 0 Å². The average molecular weight is 523 g/mol. The molecule has 0 aromatic heterocycles. The third kappa shape index (κ3) is 6.01. The molecule has 0 atom stereocenters. The molecule has 0 nitrogen and oxygen atoms in total. The molecule has 0 N–H and O–H groups in total. The minimum absolute atomic E-state index is 0.154. The summed E-state index contributed by atoms with van der Waals surface area (Å²) in [5.41, 5.74) is 0. The van der Waals surface area contributed by atoms with Gasteiger partial charge in [-0.2, -0.15) is 0 Å². The van der Waals surface area contributed by atoms with Crippen molar-refractivity contribution in [3.05, 3.63) is 0 Å². The molecule has 0 aliphatic heterocycles. The molecule has 0 aromatic carbocycles. The summed E-state index contributed by atoms with van der Waals surface area (Å²) in [7, 11) is -8.13. The van der Waals surface area contributed by atoms with Gasteiger partial charge in [-0.1, -0.05) is 118 Å². The molecule has 0 spiro atoms. The Balaban J connectivity index is 6.73. The van der Waals surface area contributed by atoms with Crippen LogP contribution in [0.5, 0.6) is 0 Å². The molecule has 0 heterocycles. The van der Waals surface area contributed by atoms with E-state index >= 15 is 0 Å². The van der Waals surface area contributed by atoms with Gasteiger partial charge in [-0.25, -0.2) is 0 Å². The summed E-state index contributed by atoms with van der Waals surface area (Å²) in [6.07, 6.45) is 0. The second-order valence-corrected chi connectivity index (χ2v) is 107. The minimum atomic E-state index is -1.22. The van der Waals surface area contributed by atoms with Crippen LogP contribution >= 0.6 is 0 Å². The van der Waals surface area contributed by atoms with Gasteiger partial charge in [-0.15, -0.1) is 44.6 Å². The van der Waals surface area contributed by atoms with Gasteiger partial charge in [0.2, 0.25) is 0 Å². The molecule has 27 heavy (non-hydrogen) atoms. The summed E-state index contributed by atoms with van der Waals surface area (Å²) in [6.45, 7) is 50.8. The molecular formula is C18H54Si9-2. The summed E-state index contributed by atoms with van der Waals surface area (Å²) in [4.78, 5) is 0. The van der Waals surface area contributed by atoms with Crippen molar-refractivity contribution in [1.29, 1.82) is 0 Å². The fourth-order valence-electron chi connectivity index (χ4n) is 7.41. The lowest BCUT2D eigenvalue weighted by Crippen LogP contribution is -2.90. The van der Waals surface area contributed by atoms with Crippen LogP contribution < -0.4 is 0 Å². The summed E-state index contributed by atoms with van der Waals surface area (Å²) in [5.74, 6) is 0. The molecule has 0 fully saturated rings. The fourth-order valence-corrected chi connectivity index (χ4v) is 315. The second-order valence-electron chi connectivity index (χ2n) is 14.6. The lowest BCUT2D eigenvalue weighted by atomic mass is 11.8. The SMILES string of the molecule is C[Si](C)(C)[Si-]([Si](C)(C)C)[Si](C)(C)[Si](C)(C)[Si](C)(C)[Si-]([Si](C)(C)C)[Si](C)(C)C. The highest BCUT2D eigenvalue weighted by molar-refractivity contribution is 8.06. The smallest absolute Gasteiger partial charge is 0.0290 e. The number of hydrogen-bond acceptors (Lipinski definition) is 0. The predicted molar refractivity (Wildman–Crippen MR) is 157 cm³/mol. The number of rotatable bonds is 8. The Morgan fingerprint density at radius 2 is 0.444 bits per heavy atom. The van der Waals surface area contributed by atoms with Crippen LogP contribution in [-0.4, -0.2) is 66.4 Å². The van der Waals surface area contributed by atoms with Gasteiger partial charge in [-0.3, -0.25) is 14.7 Å². The van der Waals surface area contributed by atoms with Crippen LogP contribution in [-0.2, 0) is 0 Å². The predicted octanol–water partition coefficient (Wildman–Crippen LogP) is 7.08. The molecule has 0 saturated carbocycles. The number of hydrogen-bond donors (Lipinski definition) is 0. The summed E-state index contributed by atoms with van der Waals surface area (Å²) >= 11 is 0. The van der Waals surface area contributed by atoms with E-state index in [-0.39, 0.29) is 14.7 Å². The highest BCUT2D eigenvalue weighted by atomic mass is 30.2. The molecule has 164 valence electrons. The standard InChI is InChI=1S/C18H54Si9/c1-21(2,3)19(22(4,5)6)25(13,14)27(17,18)26(15,16)20(23(7,8)9)24(10,11)12/h1-18H3/q-2. The van der Waals surface area contributed by atoms with Crippen molar-refractivity contribution >= 4 is 66.4 Å². The van der Waals surface area contributed by atoms with Crippen LogP contribution in [0, 0.1) is 0 Å². The van der Waals surface area contributed by atoms with Gasteiger partial charge >= 0.3 is 0 Å². The van der Waals surface area contributed by atoms with Crippen molar-refractivity contribution in [2.75, 3.05) is 0 Å². The molecule has 0 saturated heterocycles. The van der Waals surface area contributed by atoms with E-state index in [1.807, 2.05) is 0 Å². The first-order valence-corrected chi connectivity index (χ1v) is 45.0. The first-order chi connectivity index (χ1) is 11.2. The molecule has 9 heteroatoms. The Hall–Kier alpha value is 1.95. The lowest BCUT2D eigenvalue weighted by Gasteiger charge is -2.74. The van der Waals surface area contributed by atoms with Crippen molar-refractivity contribution in [2.24, 2.45) is 0 Å². The Bertz CT molecular complexity index is 437. The topological polar surface area (TPSA) is 0 Å². The van der Waals surface area contributed by atoms with Crippen LogP contribution in [0.3, 0.4) is 0 Å². The van der Waals surface area contributed by atoms with Crippen molar-refractivity contribution in [1.82, 2.24) is 0 Å². The molecule has 0 aromatic rings. The molecular weight excluding hydrogens is 469 g/mol. The largest absolute Gasteiger partial charge is 0.254 e. The Kier molecular flexibility index (Phi) is 8.73. The quantitative estimate of drug-likeness (QED) is 0.299. The first kappa shape index (κ1) is 29.0. The Labute approximate surface area is 183 Å². The maximum atomic E-state index is 2.96. The van der Waals surface area contributed by atoms with Crippen LogP contribution in [0.2, 0.25) is 118 Å². The second kappa shape index (κ2) is 8.14. The summed E-state index contributed by atoms with van der Waals surface area (Å²) < 4.78 is 0. The highest BCUT2D eigenvalue weighted by Crippen LogP contribution is 2.40. The van der Waals surface area contributed by atoms with Crippen molar-refractivity contribution in [3.8, 4) is 0 Å². The van der Waals surface area contributed by atoms with Gasteiger partial charge in [0.05, 0.1) is 0 Å². The third-order valence-electron chi connectivity index (χ3n) is 7.38. The van der Waals surface area contributed by atoms with Crippen LogP contribution in [0.25, 0.3) is 0 Å². The zero-order valence-corrected chi connectivity index (χ0v) is 31.5. The molecule has 0 rings (SSSR count). The van der Waals surface area contributed by atoms with Gasteiger partial charge in [-0.05, 0) is 7.11 Å². The van der Waals surface area contributed by atoms with Crippen molar-refractivity contribution in [3.63, 3.8) is 0 Å². The fraction of sp³-hybridized carbons (Fsp3) is 1.00. The van der Waals surface area contributed by atoms with E-state index in [9.17, 15) is 0 Å². The third-order valence-corrected chi connectivity index (χ3v) is 183. The van der Waals surface area contributed by atoms with E-state index in [1.54, 1.807) is 0 Å². The van der Waals surface area contributed by atoms with Gasteiger partial charge in [0.15, 0.2) is 0 Å². The maximum absolute atomic E-state index is 2.96. The maximum Gasteiger partial charge on any atom is -0.0290 e. The minimum Gasteiger partial charge on any atom is -0.254 e. The van der Waals surface area contributed by atoms with E-state index in [4.69, 9.17) is 0 Å². The van der Waals surface area contributed by atoms with E-state index in [0.717, 1.165) is 0 Å². The van der Waals surface area contributed by atoms with E-state index < -0.39 is 51.7 Å². The van der Waals surface area contributed by atoms with E-state index in [1.165, 1.54) is 0 Å². The normalized spacial score (nSPS) is 16.4. The Morgan fingerprint density at radius 3 is 0.556 bits per heavy atom. The van der Waals surface area contributed by atoms with Crippen LogP contribution in [0.1, 0.15) is 0 Å². The molecule has 0 unspecified atom stereocenters. The molecule has 0 aliphatic rings. The van der Waals surface area contributed by atoms with E-state index in [2.05, 4.69) is 118 Å². The summed E-state index contributed by atoms with van der Waals surface area (Å²) in [6, 6.07) is 0. The van der Waals surface area contributed by atoms with Gasteiger partial charge < -0.3 is 0 Å². The van der Waals surface area contributed by atoms with Gasteiger partial charge in [0.25, 0.3) is 0 Å². The monoisotopic (exact) mass is 522 g/mol. The van der Waals surface area contributed by atoms with E-state index in [0.29, 0.717) is 0 Å². The van der Waals surface area contributed by atoms with Gasteiger partial charge in [0, 0.05) is 0 Å². The highest BCUT2D eigenvalue weighted by Gasteiger charge is 2.52. The van der Waals surface area contributed by atoms with Crippen LogP contribution in [0.15, 0.2) is 0 Å². The summed E-state index contributed by atoms with van der Waals surface area (Å²) in [5, 5.41) is 0. The average Bonchev–Trinajstić information content (AvgIpc) is 2.16. The zero-order valence-electron chi connectivity index (χ0n) is 22.5. The zero-order chi connectivity index (χ0) is 22.7. The van der Waals surface area contributed by atoms with Crippen molar-refractivity contribution in [2.45, 2.75) is 118 Å². The molecule has 0 amide bonds. The lowest BCUT2D eigenvalue weighted by molar-refractivity contribution is 1.77. The Morgan fingerprint density at radius 1 is 0.296 bits per heavy atom. The van der Waals surface area contributed by atoms with Crippen molar-refractivity contribution < 1.29 is 0 Å². The first-order valence-electron chi connectivity index (χ1n) is 11.0. The van der Waals surface area contributed by atoms with Gasteiger partial charge in [0.1, 0.15) is 0 Å². The molecule has 0 bridgehead atoms.